The largest absolute Gasteiger partial charge is 0.360 e. The van der Waals surface area contributed by atoms with Crippen molar-refractivity contribution < 1.29 is 4.92 Å². The number of nitro groups is 1. The van der Waals surface area contributed by atoms with Crippen LogP contribution in [0.1, 0.15) is 22.9 Å². The zero-order valence-corrected chi connectivity index (χ0v) is 15.5. The minimum Gasteiger partial charge on any atom is -0.360 e. The molecule has 0 unspecified atom stereocenters. The number of nitrogens with one attached hydrogen (secondary N) is 1. The number of aryl methyl sites for hydroxylation is 2. The Morgan fingerprint density at radius 2 is 1.79 bits per heavy atom. The normalized spacial score (nSPS) is 12.1. The fourth-order valence-electron chi connectivity index (χ4n) is 3.26. The fourth-order valence-corrected chi connectivity index (χ4v) is 3.26. The first kappa shape index (κ1) is 17.7. The molecule has 7 nitrogen and oxygen atoms in total. The number of para-hydroxylation sites is 1. The molecule has 4 rings (SSSR count). The summed E-state index contributed by atoms with van der Waals surface area (Å²) in [4.78, 5) is 10.6. The van der Waals surface area contributed by atoms with E-state index in [1.807, 2.05) is 43.3 Å². The van der Waals surface area contributed by atoms with Gasteiger partial charge in [-0.15, -0.1) is 5.10 Å². The number of hydrogen-bond acceptors (Lipinski definition) is 5. The molecule has 0 saturated heterocycles. The maximum absolute atomic E-state index is 11.0. The van der Waals surface area contributed by atoms with Crippen LogP contribution in [0.4, 0.5) is 11.4 Å². The molecule has 1 aromatic heterocycles. The molecule has 0 bridgehead atoms. The Labute approximate surface area is 161 Å². The van der Waals surface area contributed by atoms with Crippen LogP contribution in [-0.2, 0) is 0 Å². The lowest BCUT2D eigenvalue weighted by Gasteiger charge is -2.22. The van der Waals surface area contributed by atoms with E-state index in [0.29, 0.717) is 0 Å². The minimum atomic E-state index is -0.402. The van der Waals surface area contributed by atoms with Crippen LogP contribution in [0.2, 0.25) is 0 Å². The predicted molar refractivity (Wildman–Crippen MR) is 108 cm³/mol. The second-order valence-electron chi connectivity index (χ2n) is 6.74. The van der Waals surface area contributed by atoms with Gasteiger partial charge in [0.05, 0.1) is 10.4 Å². The van der Waals surface area contributed by atoms with Crippen LogP contribution in [-0.4, -0.2) is 19.9 Å². The SMILES string of the molecule is Cc1ccc(N[C@@H](c2ccc([N+](=O)[O-])cc2)n2nnc3ccccc32)c(C)c1. The number of anilines is 1. The van der Waals surface area contributed by atoms with Gasteiger partial charge >= 0.3 is 0 Å². The number of nitrogens with zero attached hydrogens (tertiary/aromatic N) is 4. The first-order valence-electron chi connectivity index (χ1n) is 8.91. The average molecular weight is 373 g/mol. The highest BCUT2D eigenvalue weighted by Gasteiger charge is 2.19. The quantitative estimate of drug-likeness (QED) is 0.408. The molecule has 1 atom stereocenters. The highest BCUT2D eigenvalue weighted by molar-refractivity contribution is 5.74. The predicted octanol–water partition coefficient (Wildman–Crippen LogP) is 4.62. The van der Waals surface area contributed by atoms with Crippen LogP contribution in [0.3, 0.4) is 0 Å². The number of benzene rings is 3. The van der Waals surface area contributed by atoms with E-state index >= 15 is 0 Å². The standard InChI is InChI=1S/C21H19N5O2/c1-14-7-12-18(15(2)13-14)22-21(16-8-10-17(11-9-16)26(27)28)25-20-6-4-3-5-19(20)23-24-25/h3-13,21-22H,1-2H3/t21-/m1/s1. The lowest BCUT2D eigenvalue weighted by molar-refractivity contribution is -0.384. The molecule has 0 radical (unpaired) electrons. The van der Waals surface area contributed by atoms with E-state index in [2.05, 4.69) is 28.6 Å². The Morgan fingerprint density at radius 3 is 2.50 bits per heavy atom. The zero-order valence-electron chi connectivity index (χ0n) is 15.5. The van der Waals surface area contributed by atoms with E-state index in [-0.39, 0.29) is 11.9 Å². The third-order valence-electron chi connectivity index (χ3n) is 4.72. The van der Waals surface area contributed by atoms with Gasteiger partial charge in [-0.25, -0.2) is 4.68 Å². The molecular weight excluding hydrogens is 354 g/mol. The molecule has 28 heavy (non-hydrogen) atoms. The summed E-state index contributed by atoms with van der Waals surface area (Å²) in [6.45, 7) is 4.09. The first-order valence-corrected chi connectivity index (χ1v) is 8.91. The molecular formula is C21H19N5O2. The number of hydrogen-bond donors (Lipinski definition) is 1. The Hall–Kier alpha value is -3.74. The molecule has 1 N–H and O–H groups in total. The molecule has 0 saturated carbocycles. The molecule has 0 aliphatic heterocycles. The molecule has 140 valence electrons. The Kier molecular flexibility index (Phi) is 4.49. The van der Waals surface area contributed by atoms with Crippen molar-refractivity contribution in [3.8, 4) is 0 Å². The monoisotopic (exact) mass is 373 g/mol. The van der Waals surface area contributed by atoms with Gasteiger partial charge in [0.2, 0.25) is 0 Å². The number of non-ortho nitro benzene ring substituents is 1. The van der Waals surface area contributed by atoms with Gasteiger partial charge in [0.25, 0.3) is 5.69 Å². The summed E-state index contributed by atoms with van der Waals surface area (Å²) in [5.41, 5.74) is 5.82. The topological polar surface area (TPSA) is 85.9 Å². The second-order valence-corrected chi connectivity index (χ2v) is 6.74. The van der Waals surface area contributed by atoms with Crippen LogP contribution < -0.4 is 5.32 Å². The summed E-state index contributed by atoms with van der Waals surface area (Å²) in [6.07, 6.45) is -0.366. The van der Waals surface area contributed by atoms with E-state index in [4.69, 9.17) is 0 Å². The summed E-state index contributed by atoms with van der Waals surface area (Å²) in [5.74, 6) is 0. The number of fused-ring (bicyclic) bond motifs is 1. The molecule has 0 spiro atoms. The highest BCUT2D eigenvalue weighted by Crippen LogP contribution is 2.28. The van der Waals surface area contributed by atoms with Crippen molar-refractivity contribution in [3.63, 3.8) is 0 Å². The van der Waals surface area contributed by atoms with Gasteiger partial charge in [-0.1, -0.05) is 35.0 Å². The van der Waals surface area contributed by atoms with Crippen molar-refractivity contribution in [2.45, 2.75) is 20.0 Å². The number of aromatic nitrogens is 3. The first-order chi connectivity index (χ1) is 13.5. The molecule has 4 aromatic rings. The van der Waals surface area contributed by atoms with Crippen molar-refractivity contribution in [1.29, 1.82) is 0 Å². The summed E-state index contributed by atoms with van der Waals surface area (Å²) in [6, 6.07) is 20.4. The smallest absolute Gasteiger partial charge is 0.269 e. The number of rotatable bonds is 5. The molecule has 0 aliphatic rings. The van der Waals surface area contributed by atoms with Crippen LogP contribution in [0, 0.1) is 24.0 Å². The lowest BCUT2D eigenvalue weighted by Crippen LogP contribution is -2.21. The summed E-state index contributed by atoms with van der Waals surface area (Å²) >= 11 is 0. The third kappa shape index (κ3) is 3.29. The van der Waals surface area contributed by atoms with E-state index in [1.54, 1.807) is 16.8 Å². The summed E-state index contributed by atoms with van der Waals surface area (Å²) in [5, 5.41) is 23.1. The summed E-state index contributed by atoms with van der Waals surface area (Å²) in [7, 11) is 0. The van der Waals surface area contributed by atoms with Crippen molar-refractivity contribution in [3.05, 3.63) is 93.5 Å². The van der Waals surface area contributed by atoms with Crippen LogP contribution >= 0.6 is 0 Å². The van der Waals surface area contributed by atoms with Gasteiger partial charge in [0, 0.05) is 17.8 Å². The van der Waals surface area contributed by atoms with Crippen molar-refractivity contribution in [1.82, 2.24) is 15.0 Å². The maximum Gasteiger partial charge on any atom is 0.269 e. The van der Waals surface area contributed by atoms with Gasteiger partial charge in [0.15, 0.2) is 0 Å². The van der Waals surface area contributed by atoms with Gasteiger partial charge in [0.1, 0.15) is 11.7 Å². The van der Waals surface area contributed by atoms with Gasteiger partial charge in [-0.3, -0.25) is 10.1 Å². The Morgan fingerprint density at radius 1 is 1.04 bits per heavy atom. The van der Waals surface area contributed by atoms with E-state index < -0.39 is 4.92 Å². The van der Waals surface area contributed by atoms with Crippen molar-refractivity contribution >= 4 is 22.4 Å². The summed E-state index contributed by atoms with van der Waals surface area (Å²) < 4.78 is 1.80. The van der Waals surface area contributed by atoms with E-state index in [0.717, 1.165) is 27.8 Å². The van der Waals surface area contributed by atoms with Crippen LogP contribution in [0.5, 0.6) is 0 Å². The molecule has 1 heterocycles. The molecule has 3 aromatic carbocycles. The Bertz CT molecular complexity index is 1150. The lowest BCUT2D eigenvalue weighted by atomic mass is 10.1. The van der Waals surface area contributed by atoms with Crippen molar-refractivity contribution in [2.24, 2.45) is 0 Å². The van der Waals surface area contributed by atoms with Crippen LogP contribution in [0.15, 0.2) is 66.7 Å². The molecule has 7 heteroatoms. The molecule has 0 aliphatic carbocycles. The zero-order chi connectivity index (χ0) is 19.7. The second kappa shape index (κ2) is 7.11. The molecule has 0 fully saturated rings. The van der Waals surface area contributed by atoms with E-state index in [9.17, 15) is 10.1 Å². The number of nitro benzene ring substituents is 1. The Balaban J connectivity index is 1.81. The van der Waals surface area contributed by atoms with E-state index in [1.165, 1.54) is 17.7 Å². The van der Waals surface area contributed by atoms with Crippen molar-refractivity contribution in [2.75, 3.05) is 5.32 Å². The fraction of sp³-hybridized carbons (Fsp3) is 0.143. The van der Waals surface area contributed by atoms with Gasteiger partial charge < -0.3 is 5.32 Å². The minimum absolute atomic E-state index is 0.0532. The average Bonchev–Trinajstić information content (AvgIpc) is 3.11. The maximum atomic E-state index is 11.0. The molecule has 0 amide bonds. The van der Waals surface area contributed by atoms with Crippen LogP contribution in [0.25, 0.3) is 11.0 Å². The third-order valence-corrected chi connectivity index (χ3v) is 4.72. The van der Waals surface area contributed by atoms with Gasteiger partial charge in [-0.2, -0.15) is 0 Å². The highest BCUT2D eigenvalue weighted by atomic mass is 16.6. The van der Waals surface area contributed by atoms with Gasteiger partial charge in [-0.05, 0) is 55.3 Å².